The van der Waals surface area contributed by atoms with Crippen molar-refractivity contribution in [3.8, 4) is 5.75 Å². The Morgan fingerprint density at radius 2 is 2.00 bits per heavy atom. The molecular weight excluding hydrogens is 164 g/mol. The molecule has 0 fully saturated rings. The van der Waals surface area contributed by atoms with Gasteiger partial charge in [0.2, 0.25) is 0 Å². The van der Waals surface area contributed by atoms with E-state index in [4.69, 9.17) is 4.74 Å². The van der Waals surface area contributed by atoms with Gasteiger partial charge in [-0.2, -0.15) is 0 Å². The summed E-state index contributed by atoms with van der Waals surface area (Å²) in [6.07, 6.45) is 0. The number of hydrogen-bond donors (Lipinski definition) is 0. The van der Waals surface area contributed by atoms with Gasteiger partial charge in [0.15, 0.2) is 0 Å². The van der Waals surface area contributed by atoms with Gasteiger partial charge in [0, 0.05) is 11.5 Å². The van der Waals surface area contributed by atoms with Crippen molar-refractivity contribution < 1.29 is 9.53 Å². The van der Waals surface area contributed by atoms with Crippen LogP contribution < -0.4 is 4.74 Å². The topological polar surface area (TPSA) is 26.3 Å². The number of para-hydroxylation sites is 1. The van der Waals surface area contributed by atoms with Crippen molar-refractivity contribution in [1.29, 1.82) is 0 Å². The average molecular weight is 178 g/mol. The van der Waals surface area contributed by atoms with Crippen LogP contribution in [0.5, 0.6) is 5.75 Å². The first-order chi connectivity index (χ1) is 6.16. The summed E-state index contributed by atoms with van der Waals surface area (Å²) in [5, 5.41) is 0. The number of rotatable bonds is 3. The third-order valence-corrected chi connectivity index (χ3v) is 2.22. The molecule has 1 rings (SSSR count). The molecule has 0 bridgehead atoms. The number of methoxy groups -OCH3 is 1. The Morgan fingerprint density at radius 1 is 1.38 bits per heavy atom. The van der Waals surface area contributed by atoms with E-state index in [1.165, 1.54) is 0 Å². The molecule has 0 spiro atoms. The van der Waals surface area contributed by atoms with E-state index in [9.17, 15) is 4.79 Å². The van der Waals surface area contributed by atoms with Crippen molar-refractivity contribution >= 4 is 5.78 Å². The summed E-state index contributed by atoms with van der Waals surface area (Å²) in [6, 6.07) is 7.60. The van der Waals surface area contributed by atoms with E-state index in [1.807, 2.05) is 31.2 Å². The van der Waals surface area contributed by atoms with Crippen molar-refractivity contribution in [3.05, 3.63) is 29.8 Å². The lowest BCUT2D eigenvalue weighted by atomic mass is 9.97. The van der Waals surface area contributed by atoms with E-state index >= 15 is 0 Å². The second kappa shape index (κ2) is 4.08. The van der Waals surface area contributed by atoms with E-state index in [0.717, 1.165) is 11.3 Å². The van der Waals surface area contributed by atoms with E-state index in [0.29, 0.717) is 0 Å². The normalized spacial score (nSPS) is 12.2. The predicted octanol–water partition coefficient (Wildman–Crippen LogP) is 2.39. The molecule has 0 amide bonds. The molecule has 0 aliphatic heterocycles. The van der Waals surface area contributed by atoms with Gasteiger partial charge in [0.05, 0.1) is 7.11 Å². The SMILES string of the molecule is COc1ccccc1[C@@H](C)C(C)=O. The van der Waals surface area contributed by atoms with Crippen molar-refractivity contribution in [2.45, 2.75) is 19.8 Å². The van der Waals surface area contributed by atoms with Crippen LogP contribution in [-0.2, 0) is 4.79 Å². The molecule has 0 aromatic heterocycles. The van der Waals surface area contributed by atoms with Crippen molar-refractivity contribution in [2.24, 2.45) is 0 Å². The maximum Gasteiger partial charge on any atom is 0.137 e. The predicted molar refractivity (Wildman–Crippen MR) is 52.1 cm³/mol. The molecule has 0 aliphatic carbocycles. The van der Waals surface area contributed by atoms with Crippen LogP contribution in [0, 0.1) is 0 Å². The minimum absolute atomic E-state index is 0.0869. The molecule has 13 heavy (non-hydrogen) atoms. The van der Waals surface area contributed by atoms with Crippen LogP contribution in [0.25, 0.3) is 0 Å². The highest BCUT2D eigenvalue weighted by molar-refractivity contribution is 5.83. The van der Waals surface area contributed by atoms with E-state index < -0.39 is 0 Å². The fourth-order valence-corrected chi connectivity index (χ4v) is 1.24. The zero-order chi connectivity index (χ0) is 9.84. The highest BCUT2D eigenvalue weighted by Crippen LogP contribution is 2.26. The van der Waals surface area contributed by atoms with Crippen molar-refractivity contribution in [2.75, 3.05) is 7.11 Å². The molecule has 0 aliphatic rings. The number of ketones is 1. The fourth-order valence-electron chi connectivity index (χ4n) is 1.24. The molecule has 2 heteroatoms. The first-order valence-electron chi connectivity index (χ1n) is 4.30. The molecule has 70 valence electrons. The fraction of sp³-hybridized carbons (Fsp3) is 0.364. The summed E-state index contributed by atoms with van der Waals surface area (Å²) in [5.41, 5.74) is 0.956. The quantitative estimate of drug-likeness (QED) is 0.710. The Labute approximate surface area is 78.5 Å². The number of Topliss-reactive ketones (excluding diaryl/α,β-unsaturated/α-hetero) is 1. The van der Waals surface area contributed by atoms with Crippen LogP contribution in [0.2, 0.25) is 0 Å². The van der Waals surface area contributed by atoms with Crippen LogP contribution in [0.1, 0.15) is 25.3 Å². The second-order valence-corrected chi connectivity index (χ2v) is 3.07. The summed E-state index contributed by atoms with van der Waals surface area (Å²) in [5.74, 6) is 0.853. The third-order valence-electron chi connectivity index (χ3n) is 2.22. The lowest BCUT2D eigenvalue weighted by molar-refractivity contribution is -0.118. The molecular formula is C11H14O2. The van der Waals surface area contributed by atoms with Gasteiger partial charge >= 0.3 is 0 Å². The Bertz CT molecular complexity index is 305. The van der Waals surface area contributed by atoms with E-state index in [2.05, 4.69) is 0 Å². The summed E-state index contributed by atoms with van der Waals surface area (Å²) in [4.78, 5) is 11.2. The summed E-state index contributed by atoms with van der Waals surface area (Å²) < 4.78 is 5.16. The molecule has 0 saturated carbocycles. The molecule has 2 nitrogen and oxygen atoms in total. The third kappa shape index (κ3) is 2.08. The number of hydrogen-bond acceptors (Lipinski definition) is 2. The molecule has 1 aromatic rings. The highest BCUT2D eigenvalue weighted by Gasteiger charge is 2.14. The first-order valence-corrected chi connectivity index (χ1v) is 4.30. The lowest BCUT2D eigenvalue weighted by Gasteiger charge is -2.12. The number of benzene rings is 1. The average Bonchev–Trinajstić information content (AvgIpc) is 2.16. The van der Waals surface area contributed by atoms with Gasteiger partial charge in [-0.15, -0.1) is 0 Å². The Hall–Kier alpha value is -1.31. The van der Waals surface area contributed by atoms with Crippen molar-refractivity contribution in [1.82, 2.24) is 0 Å². The standard InChI is InChI=1S/C11H14O2/c1-8(9(2)12)10-6-4-5-7-11(10)13-3/h4-8H,1-3H3/t8-/m0/s1. The summed E-state index contributed by atoms with van der Waals surface area (Å²) in [7, 11) is 1.62. The zero-order valence-corrected chi connectivity index (χ0v) is 8.20. The summed E-state index contributed by atoms with van der Waals surface area (Å²) >= 11 is 0. The second-order valence-electron chi connectivity index (χ2n) is 3.07. The number of carbonyl (C=O) groups is 1. The molecule has 0 unspecified atom stereocenters. The van der Waals surface area contributed by atoms with Gasteiger partial charge in [-0.05, 0) is 13.0 Å². The summed E-state index contributed by atoms with van der Waals surface area (Å²) in [6.45, 7) is 3.48. The molecule has 0 radical (unpaired) electrons. The monoisotopic (exact) mass is 178 g/mol. The van der Waals surface area contributed by atoms with E-state index in [-0.39, 0.29) is 11.7 Å². The highest BCUT2D eigenvalue weighted by atomic mass is 16.5. The Kier molecular flexibility index (Phi) is 3.07. The van der Waals surface area contributed by atoms with Gasteiger partial charge in [0.1, 0.15) is 11.5 Å². The largest absolute Gasteiger partial charge is 0.496 e. The maximum atomic E-state index is 11.2. The minimum atomic E-state index is -0.0869. The maximum absolute atomic E-state index is 11.2. The van der Waals surface area contributed by atoms with Crippen LogP contribution >= 0.6 is 0 Å². The van der Waals surface area contributed by atoms with E-state index in [1.54, 1.807) is 14.0 Å². The van der Waals surface area contributed by atoms with Crippen molar-refractivity contribution in [3.63, 3.8) is 0 Å². The number of ether oxygens (including phenoxy) is 1. The van der Waals surface area contributed by atoms with Gasteiger partial charge in [-0.1, -0.05) is 25.1 Å². The Morgan fingerprint density at radius 3 is 2.54 bits per heavy atom. The van der Waals surface area contributed by atoms with Gasteiger partial charge < -0.3 is 4.74 Å². The molecule has 1 atom stereocenters. The smallest absolute Gasteiger partial charge is 0.137 e. The lowest BCUT2D eigenvalue weighted by Crippen LogP contribution is -2.05. The molecule has 1 aromatic carbocycles. The first kappa shape index (κ1) is 9.78. The van der Waals surface area contributed by atoms with Gasteiger partial charge in [0.25, 0.3) is 0 Å². The van der Waals surface area contributed by atoms with Crippen LogP contribution in [0.3, 0.4) is 0 Å². The van der Waals surface area contributed by atoms with Crippen LogP contribution in [0.4, 0.5) is 0 Å². The van der Waals surface area contributed by atoms with Crippen LogP contribution in [0.15, 0.2) is 24.3 Å². The van der Waals surface area contributed by atoms with Crippen LogP contribution in [-0.4, -0.2) is 12.9 Å². The molecule has 0 N–H and O–H groups in total. The Balaban J connectivity index is 3.05. The number of carbonyl (C=O) groups excluding carboxylic acids is 1. The minimum Gasteiger partial charge on any atom is -0.496 e. The zero-order valence-electron chi connectivity index (χ0n) is 8.20. The molecule has 0 saturated heterocycles. The van der Waals surface area contributed by atoms with Gasteiger partial charge in [-0.25, -0.2) is 0 Å². The molecule has 0 heterocycles. The van der Waals surface area contributed by atoms with Gasteiger partial charge in [-0.3, -0.25) is 4.79 Å².